The third-order valence-corrected chi connectivity index (χ3v) is 6.41. The largest absolute Gasteiger partial charge is 0.353 e. The van der Waals surface area contributed by atoms with E-state index in [1.165, 1.54) is 10.1 Å². The summed E-state index contributed by atoms with van der Waals surface area (Å²) in [5.74, 6) is 0.647. The number of nitrogens with zero attached hydrogens (tertiary/aromatic N) is 3. The zero-order chi connectivity index (χ0) is 19.1. The van der Waals surface area contributed by atoms with Crippen molar-refractivity contribution in [3.8, 4) is 0 Å². The van der Waals surface area contributed by atoms with Crippen LogP contribution in [0.4, 0.5) is 15.9 Å². The molecule has 1 fully saturated rings. The fraction of sp³-hybridized carbons (Fsp3) is 0.333. The molecule has 1 N–H and O–H groups in total. The Morgan fingerprint density at radius 3 is 2.82 bits per heavy atom. The van der Waals surface area contributed by atoms with E-state index in [1.54, 1.807) is 17.6 Å². The lowest BCUT2D eigenvalue weighted by molar-refractivity contribution is -0.115. The molecular weight excluding hydrogens is 375 g/mol. The lowest BCUT2D eigenvalue weighted by Gasteiger charge is -2.35. The third kappa shape index (κ3) is 3.25. The Balaban J connectivity index is 1.20. The van der Waals surface area contributed by atoms with E-state index in [0.717, 1.165) is 56.1 Å². The summed E-state index contributed by atoms with van der Waals surface area (Å²) in [4.78, 5) is 16.3. The number of carbonyl (C=O) groups excluding carboxylic acids is 1. The normalized spacial score (nSPS) is 17.2. The Morgan fingerprint density at radius 2 is 1.96 bits per heavy atom. The van der Waals surface area contributed by atoms with E-state index in [0.29, 0.717) is 5.69 Å². The van der Waals surface area contributed by atoms with Crippen molar-refractivity contribution in [3.63, 3.8) is 0 Å². The first kappa shape index (κ1) is 17.6. The number of fused-ring (bicyclic) bond motifs is 2. The highest BCUT2D eigenvalue weighted by molar-refractivity contribution is 7.13. The molecule has 5 rings (SSSR count). The van der Waals surface area contributed by atoms with Gasteiger partial charge in [0.05, 0.1) is 16.8 Å². The van der Waals surface area contributed by atoms with Crippen molar-refractivity contribution in [3.05, 3.63) is 53.3 Å². The molecule has 7 heteroatoms. The molecule has 144 valence electrons. The number of aromatic nitrogens is 1. The Morgan fingerprint density at radius 1 is 1.14 bits per heavy atom. The number of benzene rings is 2. The minimum atomic E-state index is -0.321. The monoisotopic (exact) mass is 396 g/mol. The number of carbonyl (C=O) groups is 1. The van der Waals surface area contributed by atoms with E-state index in [-0.39, 0.29) is 18.1 Å². The summed E-state index contributed by atoms with van der Waals surface area (Å²) in [5.41, 5.74) is 2.10. The molecule has 2 aliphatic heterocycles. The summed E-state index contributed by atoms with van der Waals surface area (Å²) in [6.45, 7) is 4.74. The molecule has 0 unspecified atom stereocenters. The number of hydrogen-bond donors (Lipinski definition) is 1. The van der Waals surface area contributed by atoms with Crippen molar-refractivity contribution in [1.29, 1.82) is 0 Å². The molecule has 1 amide bonds. The van der Waals surface area contributed by atoms with Crippen LogP contribution in [0, 0.1) is 5.82 Å². The molecule has 0 spiro atoms. The van der Waals surface area contributed by atoms with Gasteiger partial charge >= 0.3 is 0 Å². The molecule has 0 saturated carbocycles. The lowest BCUT2D eigenvalue weighted by atomic mass is 10.0. The maximum atomic E-state index is 14.2. The number of amides is 1. The number of nitrogens with one attached hydrogen (secondary N) is 1. The quantitative estimate of drug-likeness (QED) is 0.735. The Hall–Kier alpha value is -2.51. The Kier molecular flexibility index (Phi) is 4.49. The summed E-state index contributed by atoms with van der Waals surface area (Å²) < 4.78 is 20.1. The highest BCUT2D eigenvalue weighted by Crippen LogP contribution is 2.30. The molecule has 0 radical (unpaired) electrons. The first-order chi connectivity index (χ1) is 13.7. The predicted octanol–water partition coefficient (Wildman–Crippen LogP) is 3.29. The van der Waals surface area contributed by atoms with Crippen molar-refractivity contribution in [2.45, 2.75) is 12.8 Å². The van der Waals surface area contributed by atoms with Crippen LogP contribution in [0.5, 0.6) is 0 Å². The summed E-state index contributed by atoms with van der Waals surface area (Å²) in [6, 6.07) is 11.9. The topological polar surface area (TPSA) is 48.5 Å². The molecule has 28 heavy (non-hydrogen) atoms. The smallest absolute Gasteiger partial charge is 0.228 e. The van der Waals surface area contributed by atoms with E-state index >= 15 is 0 Å². The zero-order valence-electron chi connectivity index (χ0n) is 15.4. The standard InChI is InChI=1S/C21H21FN4OS/c22-17-12-14(11-15-13-19(27)23-20(15)17)5-6-25-7-9-26(10-8-25)21-16-3-1-2-4-18(16)28-24-21/h1-4,11-12H,5-10,13H2,(H,23,27). The van der Waals surface area contributed by atoms with Crippen LogP contribution in [0.15, 0.2) is 36.4 Å². The molecule has 2 aliphatic rings. The molecule has 1 aromatic heterocycles. The number of hydrogen-bond acceptors (Lipinski definition) is 5. The summed E-state index contributed by atoms with van der Waals surface area (Å²) in [7, 11) is 0. The van der Waals surface area contributed by atoms with Crippen LogP contribution < -0.4 is 10.2 Å². The minimum absolute atomic E-state index is 0.128. The second-order valence-electron chi connectivity index (χ2n) is 7.42. The van der Waals surface area contributed by atoms with Crippen LogP contribution in [-0.4, -0.2) is 47.9 Å². The van der Waals surface area contributed by atoms with Crippen LogP contribution in [0.1, 0.15) is 11.1 Å². The average molecular weight is 396 g/mol. The molecule has 1 saturated heterocycles. The molecule has 3 aromatic rings. The Bertz CT molecular complexity index is 1040. The zero-order valence-corrected chi connectivity index (χ0v) is 16.3. The number of piperazine rings is 1. The van der Waals surface area contributed by atoms with Gasteiger partial charge in [0.1, 0.15) is 11.6 Å². The van der Waals surface area contributed by atoms with Crippen molar-refractivity contribution >= 4 is 39.0 Å². The van der Waals surface area contributed by atoms with E-state index in [2.05, 4.69) is 43.8 Å². The fourth-order valence-electron chi connectivity index (χ4n) is 4.08. The molecule has 0 bridgehead atoms. The molecule has 0 aliphatic carbocycles. The maximum Gasteiger partial charge on any atom is 0.228 e. The molecule has 2 aromatic carbocycles. The van der Waals surface area contributed by atoms with Crippen molar-refractivity contribution in [1.82, 2.24) is 9.27 Å². The summed E-state index contributed by atoms with van der Waals surface area (Å²) in [5, 5.41) is 3.83. The molecule has 5 nitrogen and oxygen atoms in total. The number of rotatable bonds is 4. The van der Waals surface area contributed by atoms with Gasteiger partial charge in [-0.2, -0.15) is 4.37 Å². The SMILES string of the molecule is O=C1Cc2cc(CCN3CCN(c4nsc5ccccc45)CC3)cc(F)c2N1. The molecule has 3 heterocycles. The minimum Gasteiger partial charge on any atom is -0.353 e. The Labute approximate surface area is 166 Å². The van der Waals surface area contributed by atoms with Crippen molar-refractivity contribution < 1.29 is 9.18 Å². The fourth-order valence-corrected chi connectivity index (χ4v) is 4.87. The van der Waals surface area contributed by atoms with E-state index in [4.69, 9.17) is 0 Å². The van der Waals surface area contributed by atoms with Crippen LogP contribution >= 0.6 is 11.5 Å². The summed E-state index contributed by atoms with van der Waals surface area (Å²) in [6.07, 6.45) is 1.07. The van der Waals surface area contributed by atoms with Crippen molar-refractivity contribution in [2.24, 2.45) is 0 Å². The molecule has 0 atom stereocenters. The number of anilines is 2. The van der Waals surface area contributed by atoms with Crippen molar-refractivity contribution in [2.75, 3.05) is 42.9 Å². The highest BCUT2D eigenvalue weighted by Gasteiger charge is 2.23. The van der Waals surface area contributed by atoms with Crippen LogP contribution in [0.2, 0.25) is 0 Å². The van der Waals surface area contributed by atoms with Gasteiger partial charge < -0.3 is 10.2 Å². The van der Waals surface area contributed by atoms with Crippen LogP contribution in [-0.2, 0) is 17.6 Å². The third-order valence-electron chi connectivity index (χ3n) is 5.59. The first-order valence-electron chi connectivity index (χ1n) is 9.60. The lowest BCUT2D eigenvalue weighted by Crippen LogP contribution is -2.47. The van der Waals surface area contributed by atoms with Gasteiger partial charge in [0.25, 0.3) is 0 Å². The highest BCUT2D eigenvalue weighted by atomic mass is 32.1. The summed E-state index contributed by atoms with van der Waals surface area (Å²) >= 11 is 1.56. The van der Waals surface area contributed by atoms with Gasteiger partial charge in [-0.1, -0.05) is 18.2 Å². The second-order valence-corrected chi connectivity index (χ2v) is 8.22. The molecular formula is C21H21FN4OS. The first-order valence-corrected chi connectivity index (χ1v) is 10.4. The van der Waals surface area contributed by atoms with E-state index < -0.39 is 0 Å². The van der Waals surface area contributed by atoms with E-state index in [9.17, 15) is 9.18 Å². The van der Waals surface area contributed by atoms with Gasteiger partial charge in [-0.3, -0.25) is 9.69 Å². The average Bonchev–Trinajstić information content (AvgIpc) is 3.30. The van der Waals surface area contributed by atoms with Crippen LogP contribution in [0.25, 0.3) is 10.1 Å². The van der Waals surface area contributed by atoms with Crippen LogP contribution in [0.3, 0.4) is 0 Å². The van der Waals surface area contributed by atoms with Gasteiger partial charge in [-0.25, -0.2) is 4.39 Å². The van der Waals surface area contributed by atoms with Gasteiger partial charge in [0.15, 0.2) is 0 Å². The van der Waals surface area contributed by atoms with Gasteiger partial charge in [0, 0.05) is 38.1 Å². The van der Waals surface area contributed by atoms with Gasteiger partial charge in [-0.05, 0) is 47.3 Å². The maximum absolute atomic E-state index is 14.2. The van der Waals surface area contributed by atoms with E-state index in [1.807, 2.05) is 6.07 Å². The second kappa shape index (κ2) is 7.14. The van der Waals surface area contributed by atoms with Gasteiger partial charge in [-0.15, -0.1) is 0 Å². The van der Waals surface area contributed by atoms with Gasteiger partial charge in [0.2, 0.25) is 5.91 Å². The number of halogens is 1. The predicted molar refractivity (Wildman–Crippen MR) is 111 cm³/mol.